The number of nitro groups is 1. The molecule has 0 unspecified atom stereocenters. The fourth-order valence-corrected chi connectivity index (χ4v) is 3.14. The molecule has 0 atom stereocenters. The minimum Gasteiger partial charge on any atom is -0.360 e. The summed E-state index contributed by atoms with van der Waals surface area (Å²) in [5.41, 5.74) is 2.71. The van der Waals surface area contributed by atoms with E-state index in [1.807, 2.05) is 31.9 Å². The summed E-state index contributed by atoms with van der Waals surface area (Å²) in [7, 11) is 0. The van der Waals surface area contributed by atoms with Crippen molar-refractivity contribution in [3.05, 3.63) is 57.2 Å². The van der Waals surface area contributed by atoms with Crippen LogP contribution < -0.4 is 10.2 Å². The second-order valence-electron chi connectivity index (χ2n) is 6.87. The third kappa shape index (κ3) is 4.05. The molecule has 0 saturated heterocycles. The van der Waals surface area contributed by atoms with Crippen molar-refractivity contribution in [3.8, 4) is 0 Å². The van der Waals surface area contributed by atoms with Gasteiger partial charge in [0.1, 0.15) is 11.5 Å². The van der Waals surface area contributed by atoms with Crippen molar-refractivity contribution >= 4 is 17.3 Å². The fourth-order valence-electron chi connectivity index (χ4n) is 3.14. The topological polar surface area (TPSA) is 101 Å². The number of benzene rings is 1. The first-order valence-corrected chi connectivity index (χ1v) is 9.07. The Balaban J connectivity index is 1.92. The first kappa shape index (κ1) is 18.8. The highest BCUT2D eigenvalue weighted by Gasteiger charge is 2.26. The van der Waals surface area contributed by atoms with Crippen LogP contribution in [0.15, 0.2) is 24.4 Å². The van der Waals surface area contributed by atoms with Crippen molar-refractivity contribution in [3.63, 3.8) is 0 Å². The molecular formula is C19H23N5O3. The second-order valence-corrected chi connectivity index (χ2v) is 6.87. The molecule has 1 aliphatic rings. The van der Waals surface area contributed by atoms with Gasteiger partial charge >= 0.3 is 0 Å². The van der Waals surface area contributed by atoms with E-state index in [1.165, 1.54) is 6.07 Å². The molecule has 0 fully saturated rings. The molecule has 0 aliphatic carbocycles. The van der Waals surface area contributed by atoms with Crippen LogP contribution in [-0.2, 0) is 19.4 Å². The van der Waals surface area contributed by atoms with Crippen LogP contribution in [0.5, 0.6) is 0 Å². The molecule has 0 bridgehead atoms. The van der Waals surface area contributed by atoms with E-state index in [0.29, 0.717) is 18.8 Å². The summed E-state index contributed by atoms with van der Waals surface area (Å²) < 4.78 is 0. The third-order valence-electron chi connectivity index (χ3n) is 4.51. The minimum absolute atomic E-state index is 0.0396. The molecule has 3 rings (SSSR count). The minimum atomic E-state index is -0.436. The maximum absolute atomic E-state index is 12.2. The number of aryl methyl sites for hydroxylation is 1. The number of anilines is 1. The lowest BCUT2D eigenvalue weighted by atomic mass is 10.0. The number of fused-ring (bicyclic) bond motifs is 1. The number of nitro benzene ring substituents is 1. The van der Waals surface area contributed by atoms with Gasteiger partial charge in [-0.25, -0.2) is 9.97 Å². The van der Waals surface area contributed by atoms with Crippen LogP contribution in [0.25, 0.3) is 0 Å². The van der Waals surface area contributed by atoms with Crippen molar-refractivity contribution < 1.29 is 9.72 Å². The molecule has 1 aromatic carbocycles. The molecular weight excluding hydrogens is 346 g/mol. The summed E-state index contributed by atoms with van der Waals surface area (Å²) in [6, 6.07) is 4.59. The van der Waals surface area contributed by atoms with E-state index in [9.17, 15) is 14.9 Å². The maximum atomic E-state index is 12.2. The predicted molar refractivity (Wildman–Crippen MR) is 102 cm³/mol. The number of aromatic nitrogens is 2. The highest BCUT2D eigenvalue weighted by molar-refractivity contribution is 5.96. The zero-order valence-corrected chi connectivity index (χ0v) is 15.7. The average Bonchev–Trinajstić information content (AvgIpc) is 2.66. The smallest absolute Gasteiger partial charge is 0.293 e. The molecule has 8 nitrogen and oxygen atoms in total. The summed E-state index contributed by atoms with van der Waals surface area (Å²) in [4.78, 5) is 34.2. The molecule has 8 heteroatoms. The summed E-state index contributed by atoms with van der Waals surface area (Å²) in [5.74, 6) is 0.453. The molecule has 27 heavy (non-hydrogen) atoms. The van der Waals surface area contributed by atoms with Gasteiger partial charge in [0.25, 0.3) is 11.6 Å². The van der Waals surface area contributed by atoms with E-state index in [1.54, 1.807) is 12.1 Å². The Morgan fingerprint density at radius 1 is 1.41 bits per heavy atom. The molecule has 1 amide bonds. The Morgan fingerprint density at radius 2 is 2.19 bits per heavy atom. The fraction of sp³-hybridized carbons (Fsp3) is 0.421. The van der Waals surface area contributed by atoms with Crippen molar-refractivity contribution in [1.29, 1.82) is 0 Å². The largest absolute Gasteiger partial charge is 0.360 e. The molecule has 1 aromatic heterocycles. The Hall–Kier alpha value is -3.03. The Bertz CT molecular complexity index is 882. The van der Waals surface area contributed by atoms with Crippen LogP contribution in [0.2, 0.25) is 0 Å². The van der Waals surface area contributed by atoms with E-state index < -0.39 is 4.92 Å². The maximum Gasteiger partial charge on any atom is 0.293 e. The Labute approximate surface area is 157 Å². The van der Waals surface area contributed by atoms with E-state index in [2.05, 4.69) is 15.3 Å². The van der Waals surface area contributed by atoms with Crippen molar-refractivity contribution in [2.45, 2.75) is 46.2 Å². The number of hydrogen-bond acceptors (Lipinski definition) is 6. The monoisotopic (exact) mass is 369 g/mol. The van der Waals surface area contributed by atoms with E-state index in [-0.39, 0.29) is 23.2 Å². The van der Waals surface area contributed by atoms with Crippen LogP contribution in [0, 0.1) is 10.1 Å². The zero-order valence-electron chi connectivity index (χ0n) is 15.7. The number of rotatable bonds is 5. The SMILES string of the molecule is CCc1ncc2c(n1)CN(c1ccc(C(=O)NC(C)C)cc1[N+](=O)[O-])CC2. The number of carbonyl (C=O) groups is 1. The third-order valence-corrected chi connectivity index (χ3v) is 4.51. The van der Waals surface area contributed by atoms with E-state index in [4.69, 9.17) is 0 Å². The molecule has 1 N–H and O–H groups in total. The highest BCUT2D eigenvalue weighted by atomic mass is 16.6. The number of carbonyl (C=O) groups excluding carboxylic acids is 1. The molecule has 1 aliphatic heterocycles. The lowest BCUT2D eigenvalue weighted by Crippen LogP contribution is -2.32. The van der Waals surface area contributed by atoms with Gasteiger partial charge in [-0.1, -0.05) is 6.92 Å². The van der Waals surface area contributed by atoms with Crippen molar-refractivity contribution in [2.24, 2.45) is 0 Å². The van der Waals surface area contributed by atoms with Gasteiger partial charge in [-0.2, -0.15) is 0 Å². The first-order valence-electron chi connectivity index (χ1n) is 9.07. The summed E-state index contributed by atoms with van der Waals surface area (Å²) in [5, 5.41) is 14.4. The molecule has 0 saturated carbocycles. The van der Waals surface area contributed by atoms with E-state index in [0.717, 1.165) is 29.9 Å². The van der Waals surface area contributed by atoms with Crippen LogP contribution in [0.1, 0.15) is 48.2 Å². The van der Waals surface area contributed by atoms with Crippen LogP contribution in [-0.4, -0.2) is 33.4 Å². The predicted octanol–water partition coefficient (Wildman–Crippen LogP) is 2.65. The summed E-state index contributed by atoms with van der Waals surface area (Å²) >= 11 is 0. The first-order chi connectivity index (χ1) is 12.9. The molecule has 0 radical (unpaired) electrons. The zero-order chi connectivity index (χ0) is 19.6. The Morgan fingerprint density at radius 3 is 2.85 bits per heavy atom. The van der Waals surface area contributed by atoms with Gasteiger partial charge in [0.15, 0.2) is 0 Å². The van der Waals surface area contributed by atoms with Gasteiger partial charge in [-0.3, -0.25) is 14.9 Å². The number of nitrogens with zero attached hydrogens (tertiary/aromatic N) is 4. The number of nitrogens with one attached hydrogen (secondary N) is 1. The molecule has 0 spiro atoms. The van der Waals surface area contributed by atoms with Gasteiger partial charge < -0.3 is 10.2 Å². The lowest BCUT2D eigenvalue weighted by Gasteiger charge is -2.29. The quantitative estimate of drug-likeness (QED) is 0.642. The van der Waals surface area contributed by atoms with Crippen LogP contribution >= 0.6 is 0 Å². The van der Waals surface area contributed by atoms with Crippen LogP contribution in [0.3, 0.4) is 0 Å². The van der Waals surface area contributed by atoms with E-state index >= 15 is 0 Å². The van der Waals surface area contributed by atoms with Gasteiger partial charge in [-0.15, -0.1) is 0 Å². The standard InChI is InChI=1S/C19H23N5O3/c1-4-18-20-10-14-7-8-23(11-15(14)22-18)16-6-5-13(9-17(16)24(26)27)19(25)21-12(2)3/h5-6,9-10,12H,4,7-8,11H2,1-3H3,(H,21,25). The van der Waals surface area contributed by atoms with Gasteiger partial charge in [0, 0.05) is 36.8 Å². The molecule has 142 valence electrons. The molecule has 2 aromatic rings. The summed E-state index contributed by atoms with van der Waals surface area (Å²) in [6.45, 7) is 6.81. The van der Waals surface area contributed by atoms with Crippen molar-refractivity contribution in [1.82, 2.24) is 15.3 Å². The van der Waals surface area contributed by atoms with Gasteiger partial charge in [0.2, 0.25) is 0 Å². The van der Waals surface area contributed by atoms with Crippen LogP contribution in [0.4, 0.5) is 11.4 Å². The normalized spacial score (nSPS) is 13.4. The molecule has 2 heterocycles. The Kier molecular flexibility index (Phi) is 5.34. The average molecular weight is 369 g/mol. The summed E-state index contributed by atoms with van der Waals surface area (Å²) in [6.07, 6.45) is 3.32. The number of amides is 1. The number of hydrogen-bond donors (Lipinski definition) is 1. The van der Waals surface area contributed by atoms with Crippen molar-refractivity contribution in [2.75, 3.05) is 11.4 Å². The lowest BCUT2D eigenvalue weighted by molar-refractivity contribution is -0.384. The van der Waals surface area contributed by atoms with Gasteiger partial charge in [0.05, 0.1) is 17.2 Å². The highest BCUT2D eigenvalue weighted by Crippen LogP contribution is 2.32. The van der Waals surface area contributed by atoms with Gasteiger partial charge in [-0.05, 0) is 38.0 Å². The second kappa shape index (κ2) is 7.69.